The number of halogens is 1. The summed E-state index contributed by atoms with van der Waals surface area (Å²) in [5.74, 6) is 1.95. The molecular weight excluding hydrogens is 374 g/mol. The number of hydrogen-bond donors (Lipinski definition) is 0. The minimum Gasteiger partial charge on any atom is -0.362 e. The highest BCUT2D eigenvalue weighted by molar-refractivity contribution is 6.31. The molecule has 0 fully saturated rings. The van der Waals surface area contributed by atoms with Gasteiger partial charge in [-0.25, -0.2) is 15.0 Å². The van der Waals surface area contributed by atoms with Crippen LogP contribution < -0.4 is 9.80 Å². The fraction of sp³-hybridized carbons (Fsp3) is 0.238. The molecule has 28 heavy (non-hydrogen) atoms. The normalized spacial score (nSPS) is 11.2. The standard InChI is InChI=1S/C21H22ClN5O/c1-5-27(14(2)28)20-8-6-7-16(23-20)10-12-19-24-18-11-9-15(22)13-17(18)21(25-19)26(3)4/h6-13H,5H2,1-4H3/b12-10+. The van der Waals surface area contributed by atoms with Crippen molar-refractivity contribution in [2.75, 3.05) is 30.4 Å². The van der Waals surface area contributed by atoms with Crippen LogP contribution in [0.4, 0.5) is 11.6 Å². The number of rotatable bonds is 5. The molecule has 0 saturated carbocycles. The summed E-state index contributed by atoms with van der Waals surface area (Å²) in [7, 11) is 3.87. The van der Waals surface area contributed by atoms with Crippen LogP contribution in [0.5, 0.6) is 0 Å². The van der Waals surface area contributed by atoms with Crippen LogP contribution in [-0.4, -0.2) is 41.5 Å². The summed E-state index contributed by atoms with van der Waals surface area (Å²) in [4.78, 5) is 29.1. The molecule has 144 valence electrons. The molecule has 7 heteroatoms. The monoisotopic (exact) mass is 395 g/mol. The summed E-state index contributed by atoms with van der Waals surface area (Å²) in [6.45, 7) is 4.02. The summed E-state index contributed by atoms with van der Waals surface area (Å²) in [5.41, 5.74) is 1.54. The molecule has 0 spiro atoms. The van der Waals surface area contributed by atoms with E-state index in [9.17, 15) is 4.79 Å². The van der Waals surface area contributed by atoms with Crippen LogP contribution in [0.2, 0.25) is 5.02 Å². The lowest BCUT2D eigenvalue weighted by molar-refractivity contribution is -0.116. The molecule has 3 rings (SSSR count). The summed E-state index contributed by atoms with van der Waals surface area (Å²) >= 11 is 6.13. The van der Waals surface area contributed by atoms with Gasteiger partial charge in [0.25, 0.3) is 0 Å². The zero-order valence-corrected chi connectivity index (χ0v) is 17.1. The third-order valence-electron chi connectivity index (χ3n) is 4.21. The highest BCUT2D eigenvalue weighted by atomic mass is 35.5. The molecule has 1 amide bonds. The van der Waals surface area contributed by atoms with E-state index in [0.717, 1.165) is 22.4 Å². The van der Waals surface area contributed by atoms with Crippen molar-refractivity contribution >= 4 is 52.2 Å². The topological polar surface area (TPSA) is 62.2 Å². The number of hydrogen-bond acceptors (Lipinski definition) is 5. The number of fused-ring (bicyclic) bond motifs is 1. The van der Waals surface area contributed by atoms with Gasteiger partial charge >= 0.3 is 0 Å². The molecular formula is C21H22ClN5O. The number of carbonyl (C=O) groups excluding carboxylic acids is 1. The van der Waals surface area contributed by atoms with E-state index in [1.807, 2.05) is 74.5 Å². The number of carbonyl (C=O) groups is 1. The van der Waals surface area contributed by atoms with Crippen LogP contribution in [0.3, 0.4) is 0 Å². The first kappa shape index (κ1) is 19.8. The minimum atomic E-state index is -0.0386. The molecule has 0 saturated heterocycles. The highest BCUT2D eigenvalue weighted by Crippen LogP contribution is 2.26. The average Bonchev–Trinajstić information content (AvgIpc) is 2.66. The average molecular weight is 396 g/mol. The van der Waals surface area contributed by atoms with E-state index in [0.29, 0.717) is 23.2 Å². The lowest BCUT2D eigenvalue weighted by Gasteiger charge is -2.17. The maximum Gasteiger partial charge on any atom is 0.225 e. The zero-order valence-electron chi connectivity index (χ0n) is 16.3. The summed E-state index contributed by atoms with van der Waals surface area (Å²) in [6, 6.07) is 11.1. The second-order valence-electron chi connectivity index (χ2n) is 6.48. The third-order valence-corrected chi connectivity index (χ3v) is 4.45. The Morgan fingerprint density at radius 2 is 1.89 bits per heavy atom. The zero-order chi connectivity index (χ0) is 20.3. The van der Waals surface area contributed by atoms with Gasteiger partial charge in [0.2, 0.25) is 5.91 Å². The van der Waals surface area contributed by atoms with Crippen LogP contribution in [0.25, 0.3) is 23.1 Å². The largest absolute Gasteiger partial charge is 0.362 e. The molecule has 0 aliphatic carbocycles. The van der Waals surface area contributed by atoms with Crippen LogP contribution >= 0.6 is 11.6 Å². The van der Waals surface area contributed by atoms with Gasteiger partial charge in [0.05, 0.1) is 11.2 Å². The Kier molecular flexibility index (Phi) is 5.90. The van der Waals surface area contributed by atoms with Crippen LogP contribution in [0.15, 0.2) is 36.4 Å². The molecule has 3 aromatic rings. The Labute approximate surface area is 169 Å². The van der Waals surface area contributed by atoms with E-state index < -0.39 is 0 Å². The number of anilines is 2. The second-order valence-corrected chi connectivity index (χ2v) is 6.92. The quantitative estimate of drug-likeness (QED) is 0.645. The van der Waals surface area contributed by atoms with Gasteiger partial charge in [0.15, 0.2) is 5.82 Å². The number of benzene rings is 1. The predicted molar refractivity (Wildman–Crippen MR) is 116 cm³/mol. The number of nitrogens with zero attached hydrogens (tertiary/aromatic N) is 5. The molecule has 1 aromatic carbocycles. The molecule has 2 heterocycles. The van der Waals surface area contributed by atoms with Crippen molar-refractivity contribution in [1.82, 2.24) is 15.0 Å². The van der Waals surface area contributed by atoms with Gasteiger partial charge in [-0.15, -0.1) is 0 Å². The molecule has 0 N–H and O–H groups in total. The van der Waals surface area contributed by atoms with Crippen LogP contribution in [0, 0.1) is 0 Å². The number of pyridine rings is 1. The van der Waals surface area contributed by atoms with Gasteiger partial charge in [-0.05, 0) is 49.4 Å². The van der Waals surface area contributed by atoms with Gasteiger partial charge < -0.3 is 4.90 Å². The molecule has 6 nitrogen and oxygen atoms in total. The maximum absolute atomic E-state index is 11.7. The first-order valence-electron chi connectivity index (χ1n) is 8.97. The third kappa shape index (κ3) is 4.28. The lowest BCUT2D eigenvalue weighted by Crippen LogP contribution is -2.28. The molecule has 2 aromatic heterocycles. The Hall–Kier alpha value is -2.99. The lowest BCUT2D eigenvalue weighted by atomic mass is 10.2. The van der Waals surface area contributed by atoms with E-state index in [2.05, 4.69) is 15.0 Å². The first-order valence-corrected chi connectivity index (χ1v) is 9.34. The molecule has 0 bridgehead atoms. The van der Waals surface area contributed by atoms with Crippen LogP contribution in [-0.2, 0) is 4.79 Å². The van der Waals surface area contributed by atoms with Gasteiger partial charge in [0, 0.05) is 38.0 Å². The number of amides is 1. The van der Waals surface area contributed by atoms with Crippen molar-refractivity contribution in [2.24, 2.45) is 0 Å². The van der Waals surface area contributed by atoms with Crippen LogP contribution in [0.1, 0.15) is 25.4 Å². The van der Waals surface area contributed by atoms with Gasteiger partial charge in [-0.2, -0.15) is 0 Å². The summed E-state index contributed by atoms with van der Waals surface area (Å²) in [6.07, 6.45) is 3.66. The van der Waals surface area contributed by atoms with Crippen molar-refractivity contribution in [1.29, 1.82) is 0 Å². The van der Waals surface area contributed by atoms with Crippen molar-refractivity contribution in [3.63, 3.8) is 0 Å². The predicted octanol–water partition coefficient (Wildman–Crippen LogP) is 4.29. The molecule has 0 unspecified atom stereocenters. The van der Waals surface area contributed by atoms with E-state index in [4.69, 9.17) is 11.6 Å². The highest BCUT2D eigenvalue weighted by Gasteiger charge is 2.11. The van der Waals surface area contributed by atoms with E-state index in [-0.39, 0.29) is 5.91 Å². The van der Waals surface area contributed by atoms with Crippen molar-refractivity contribution in [2.45, 2.75) is 13.8 Å². The Balaban J connectivity index is 1.98. The Morgan fingerprint density at radius 1 is 1.11 bits per heavy atom. The Morgan fingerprint density at radius 3 is 2.57 bits per heavy atom. The van der Waals surface area contributed by atoms with E-state index >= 15 is 0 Å². The maximum atomic E-state index is 11.7. The smallest absolute Gasteiger partial charge is 0.225 e. The van der Waals surface area contributed by atoms with Gasteiger partial charge in [0.1, 0.15) is 11.6 Å². The van der Waals surface area contributed by atoms with E-state index in [1.54, 1.807) is 4.90 Å². The number of aromatic nitrogens is 3. The van der Waals surface area contributed by atoms with Gasteiger partial charge in [-0.3, -0.25) is 9.69 Å². The summed E-state index contributed by atoms with van der Waals surface area (Å²) < 4.78 is 0. The molecule has 0 aliphatic heterocycles. The second kappa shape index (κ2) is 8.35. The van der Waals surface area contributed by atoms with Gasteiger partial charge in [-0.1, -0.05) is 17.7 Å². The van der Waals surface area contributed by atoms with Crippen molar-refractivity contribution in [3.8, 4) is 0 Å². The van der Waals surface area contributed by atoms with E-state index in [1.165, 1.54) is 6.92 Å². The Bertz CT molecular complexity index is 1050. The summed E-state index contributed by atoms with van der Waals surface area (Å²) in [5, 5.41) is 1.55. The fourth-order valence-corrected chi connectivity index (χ4v) is 3.08. The fourth-order valence-electron chi connectivity index (χ4n) is 2.91. The SMILES string of the molecule is CCN(C(C)=O)c1cccc(/C=C/c2nc(N(C)C)c3cc(Cl)ccc3n2)n1. The van der Waals surface area contributed by atoms with Crippen molar-refractivity contribution in [3.05, 3.63) is 52.9 Å². The minimum absolute atomic E-state index is 0.0386. The molecule has 0 atom stereocenters. The molecule has 0 aliphatic rings. The molecule has 0 radical (unpaired) electrons. The first-order chi connectivity index (χ1) is 13.4. The van der Waals surface area contributed by atoms with Crippen molar-refractivity contribution < 1.29 is 4.79 Å².